The lowest BCUT2D eigenvalue weighted by Gasteiger charge is -2.02. The van der Waals surface area contributed by atoms with Crippen LogP contribution in [0.4, 0.5) is 5.82 Å². The fourth-order valence-electron chi connectivity index (χ4n) is 1.26. The third kappa shape index (κ3) is 1.89. The monoisotopic (exact) mass is 223 g/mol. The number of nitrogens with two attached hydrogens (primary N) is 1. The van der Waals surface area contributed by atoms with E-state index in [1.807, 2.05) is 12.1 Å². The SMILES string of the molecule is COc1cc(N)n(-c2ccc(Cl)cc2)n1. The van der Waals surface area contributed by atoms with E-state index in [0.717, 1.165) is 5.69 Å². The summed E-state index contributed by atoms with van der Waals surface area (Å²) in [6.07, 6.45) is 0. The summed E-state index contributed by atoms with van der Waals surface area (Å²) in [5.41, 5.74) is 6.62. The first-order valence-corrected chi connectivity index (χ1v) is 4.74. The van der Waals surface area contributed by atoms with Crippen LogP contribution in [0.15, 0.2) is 30.3 Å². The lowest BCUT2D eigenvalue weighted by Crippen LogP contribution is -2.01. The van der Waals surface area contributed by atoms with Gasteiger partial charge in [0.1, 0.15) is 5.82 Å². The Hall–Kier alpha value is -1.68. The third-order valence-electron chi connectivity index (χ3n) is 1.99. The van der Waals surface area contributed by atoms with E-state index in [0.29, 0.717) is 16.7 Å². The smallest absolute Gasteiger partial charge is 0.235 e. The van der Waals surface area contributed by atoms with Crippen molar-refractivity contribution < 1.29 is 4.74 Å². The number of halogens is 1. The fraction of sp³-hybridized carbons (Fsp3) is 0.100. The Balaban J connectivity index is 2.44. The second-order valence-corrected chi connectivity index (χ2v) is 3.44. The van der Waals surface area contributed by atoms with E-state index in [9.17, 15) is 0 Å². The summed E-state index contributed by atoms with van der Waals surface area (Å²) in [7, 11) is 1.55. The number of benzene rings is 1. The summed E-state index contributed by atoms with van der Waals surface area (Å²) in [5, 5.41) is 4.83. The van der Waals surface area contributed by atoms with Crippen LogP contribution in [0.1, 0.15) is 0 Å². The first kappa shape index (κ1) is 9.86. The summed E-state index contributed by atoms with van der Waals surface area (Å²) in [6, 6.07) is 8.90. The molecular formula is C10H10ClN3O. The second kappa shape index (κ2) is 3.82. The van der Waals surface area contributed by atoms with Gasteiger partial charge in [-0.3, -0.25) is 0 Å². The zero-order valence-corrected chi connectivity index (χ0v) is 8.90. The van der Waals surface area contributed by atoms with Gasteiger partial charge in [0.15, 0.2) is 0 Å². The predicted molar refractivity (Wildman–Crippen MR) is 59.5 cm³/mol. The zero-order chi connectivity index (χ0) is 10.8. The van der Waals surface area contributed by atoms with E-state index in [1.54, 1.807) is 30.0 Å². The Morgan fingerprint density at radius 1 is 1.33 bits per heavy atom. The molecule has 0 aliphatic rings. The molecule has 1 aromatic carbocycles. The topological polar surface area (TPSA) is 53.1 Å². The van der Waals surface area contributed by atoms with Crippen molar-refractivity contribution in [3.05, 3.63) is 35.4 Å². The average Bonchev–Trinajstić information content (AvgIpc) is 2.61. The maximum absolute atomic E-state index is 5.79. The number of hydrogen-bond acceptors (Lipinski definition) is 3. The molecule has 0 unspecified atom stereocenters. The highest BCUT2D eigenvalue weighted by molar-refractivity contribution is 6.30. The predicted octanol–water partition coefficient (Wildman–Crippen LogP) is 2.12. The van der Waals surface area contributed by atoms with Crippen molar-refractivity contribution >= 4 is 17.4 Å². The van der Waals surface area contributed by atoms with Crippen LogP contribution < -0.4 is 10.5 Å². The summed E-state index contributed by atoms with van der Waals surface area (Å²) in [5.74, 6) is 1.01. The molecule has 0 aliphatic carbocycles. The number of methoxy groups -OCH3 is 1. The molecule has 15 heavy (non-hydrogen) atoms. The molecule has 1 aromatic heterocycles. The molecule has 0 bridgehead atoms. The van der Waals surface area contributed by atoms with Gasteiger partial charge < -0.3 is 10.5 Å². The molecule has 0 spiro atoms. The molecule has 0 aliphatic heterocycles. The van der Waals surface area contributed by atoms with Gasteiger partial charge in [0.05, 0.1) is 12.8 Å². The van der Waals surface area contributed by atoms with Crippen molar-refractivity contribution in [1.82, 2.24) is 9.78 Å². The number of nitrogen functional groups attached to an aromatic ring is 1. The van der Waals surface area contributed by atoms with Crippen LogP contribution in [0.5, 0.6) is 5.88 Å². The zero-order valence-electron chi connectivity index (χ0n) is 8.14. The van der Waals surface area contributed by atoms with Gasteiger partial charge in [-0.1, -0.05) is 11.6 Å². The lowest BCUT2D eigenvalue weighted by atomic mass is 10.3. The minimum Gasteiger partial charge on any atom is -0.480 e. The van der Waals surface area contributed by atoms with Gasteiger partial charge in [0, 0.05) is 11.1 Å². The largest absolute Gasteiger partial charge is 0.480 e. The number of aromatic nitrogens is 2. The number of hydrogen-bond donors (Lipinski definition) is 1. The molecule has 2 N–H and O–H groups in total. The summed E-state index contributed by atoms with van der Waals surface area (Å²) in [4.78, 5) is 0. The second-order valence-electron chi connectivity index (χ2n) is 3.00. The van der Waals surface area contributed by atoms with Crippen molar-refractivity contribution in [1.29, 1.82) is 0 Å². The van der Waals surface area contributed by atoms with Gasteiger partial charge in [-0.25, -0.2) is 4.68 Å². The highest BCUT2D eigenvalue weighted by Gasteiger charge is 2.06. The van der Waals surface area contributed by atoms with Crippen molar-refractivity contribution in [3.63, 3.8) is 0 Å². The third-order valence-corrected chi connectivity index (χ3v) is 2.25. The van der Waals surface area contributed by atoms with Gasteiger partial charge in [0.2, 0.25) is 5.88 Å². The van der Waals surface area contributed by atoms with E-state index in [4.69, 9.17) is 22.1 Å². The molecule has 0 fully saturated rings. The van der Waals surface area contributed by atoms with Crippen molar-refractivity contribution in [2.75, 3.05) is 12.8 Å². The molecule has 2 aromatic rings. The Morgan fingerprint density at radius 3 is 2.53 bits per heavy atom. The van der Waals surface area contributed by atoms with E-state index in [2.05, 4.69) is 5.10 Å². The Kier molecular flexibility index (Phi) is 2.51. The molecule has 0 amide bonds. The maximum atomic E-state index is 5.79. The molecule has 4 nitrogen and oxygen atoms in total. The standard InChI is InChI=1S/C10H10ClN3O/c1-15-10-6-9(12)14(13-10)8-4-2-7(11)3-5-8/h2-6H,12H2,1H3. The van der Waals surface area contributed by atoms with Crippen LogP contribution in [-0.4, -0.2) is 16.9 Å². The lowest BCUT2D eigenvalue weighted by molar-refractivity contribution is 0.394. The fourth-order valence-corrected chi connectivity index (χ4v) is 1.39. The Bertz CT molecular complexity index is 464. The first-order chi connectivity index (χ1) is 7.20. The van der Waals surface area contributed by atoms with E-state index < -0.39 is 0 Å². The number of rotatable bonds is 2. The van der Waals surface area contributed by atoms with Crippen LogP contribution in [-0.2, 0) is 0 Å². The molecule has 0 saturated heterocycles. The molecule has 78 valence electrons. The normalized spacial score (nSPS) is 10.3. The highest BCUT2D eigenvalue weighted by Crippen LogP contribution is 2.19. The molecule has 0 radical (unpaired) electrons. The molecule has 0 saturated carbocycles. The van der Waals surface area contributed by atoms with Crippen molar-refractivity contribution in [2.45, 2.75) is 0 Å². The Labute approximate surface area is 92.2 Å². The van der Waals surface area contributed by atoms with Crippen LogP contribution in [0.3, 0.4) is 0 Å². The molecular weight excluding hydrogens is 214 g/mol. The van der Waals surface area contributed by atoms with Crippen molar-refractivity contribution in [2.24, 2.45) is 0 Å². The number of ether oxygens (including phenoxy) is 1. The first-order valence-electron chi connectivity index (χ1n) is 4.36. The van der Waals surface area contributed by atoms with Crippen LogP contribution in [0.2, 0.25) is 5.02 Å². The Morgan fingerprint density at radius 2 is 2.00 bits per heavy atom. The quantitative estimate of drug-likeness (QED) is 0.849. The van der Waals surface area contributed by atoms with Gasteiger partial charge in [0.25, 0.3) is 0 Å². The minimum atomic E-state index is 0.488. The molecule has 5 heteroatoms. The van der Waals surface area contributed by atoms with E-state index in [-0.39, 0.29) is 0 Å². The summed E-state index contributed by atoms with van der Waals surface area (Å²) >= 11 is 5.79. The molecule has 1 heterocycles. The highest BCUT2D eigenvalue weighted by atomic mass is 35.5. The van der Waals surface area contributed by atoms with E-state index in [1.165, 1.54) is 0 Å². The minimum absolute atomic E-state index is 0.488. The van der Waals surface area contributed by atoms with Gasteiger partial charge in [-0.15, -0.1) is 5.10 Å². The maximum Gasteiger partial charge on any atom is 0.235 e. The van der Waals surface area contributed by atoms with Crippen LogP contribution >= 0.6 is 11.6 Å². The molecule has 2 rings (SSSR count). The van der Waals surface area contributed by atoms with Crippen molar-refractivity contribution in [3.8, 4) is 11.6 Å². The van der Waals surface area contributed by atoms with Gasteiger partial charge in [-0.05, 0) is 24.3 Å². The number of anilines is 1. The van der Waals surface area contributed by atoms with Gasteiger partial charge in [-0.2, -0.15) is 0 Å². The summed E-state index contributed by atoms with van der Waals surface area (Å²) in [6.45, 7) is 0. The summed E-state index contributed by atoms with van der Waals surface area (Å²) < 4.78 is 6.58. The van der Waals surface area contributed by atoms with Crippen LogP contribution in [0, 0.1) is 0 Å². The molecule has 0 atom stereocenters. The van der Waals surface area contributed by atoms with Crippen LogP contribution in [0.25, 0.3) is 5.69 Å². The van der Waals surface area contributed by atoms with Gasteiger partial charge >= 0.3 is 0 Å². The number of nitrogens with zero attached hydrogens (tertiary/aromatic N) is 2. The average molecular weight is 224 g/mol. The van der Waals surface area contributed by atoms with E-state index >= 15 is 0 Å².